The molecule has 0 bridgehead atoms. The number of hydrogen-bond donors (Lipinski definition) is 1. The number of methoxy groups -OCH3 is 2. The average molecular weight is 320 g/mol. The standard InChI is InChI=1S/C13H24N2O5S/c1-4-14-10-13(9-12(14)11-16)21(17,18)15(5-7-19-2)6-8-20-3/h9-10,16H,4-8,11H2,1-3H3. The van der Waals surface area contributed by atoms with Gasteiger partial charge in [0.2, 0.25) is 10.0 Å². The molecule has 0 spiro atoms. The zero-order valence-electron chi connectivity index (χ0n) is 12.8. The molecule has 0 saturated carbocycles. The quantitative estimate of drug-likeness (QED) is 0.670. The first-order chi connectivity index (χ1) is 10.0. The second kappa shape index (κ2) is 8.50. The van der Waals surface area contributed by atoms with Gasteiger partial charge in [-0.05, 0) is 13.0 Å². The Morgan fingerprint density at radius 3 is 2.19 bits per heavy atom. The number of ether oxygens (including phenoxy) is 2. The highest BCUT2D eigenvalue weighted by molar-refractivity contribution is 7.89. The van der Waals surface area contributed by atoms with Crippen molar-refractivity contribution in [2.45, 2.75) is 25.0 Å². The smallest absolute Gasteiger partial charge is 0.244 e. The number of sulfonamides is 1. The van der Waals surface area contributed by atoms with E-state index in [9.17, 15) is 13.5 Å². The molecule has 1 rings (SSSR count). The second-order valence-electron chi connectivity index (χ2n) is 4.50. The number of nitrogens with zero attached hydrogens (tertiary/aromatic N) is 2. The molecule has 0 aliphatic rings. The first-order valence-electron chi connectivity index (χ1n) is 6.79. The van der Waals surface area contributed by atoms with E-state index in [-0.39, 0.29) is 24.6 Å². The number of hydrogen-bond acceptors (Lipinski definition) is 5. The van der Waals surface area contributed by atoms with E-state index in [2.05, 4.69) is 0 Å². The van der Waals surface area contributed by atoms with Gasteiger partial charge in [-0.2, -0.15) is 4.31 Å². The van der Waals surface area contributed by atoms with Crippen LogP contribution in [0.15, 0.2) is 17.2 Å². The van der Waals surface area contributed by atoms with Crippen molar-refractivity contribution >= 4 is 10.0 Å². The summed E-state index contributed by atoms with van der Waals surface area (Å²) in [5.74, 6) is 0. The van der Waals surface area contributed by atoms with Gasteiger partial charge in [0.15, 0.2) is 0 Å². The van der Waals surface area contributed by atoms with Gasteiger partial charge in [0, 0.05) is 45.7 Å². The molecule has 0 saturated heterocycles. The Morgan fingerprint density at radius 1 is 1.24 bits per heavy atom. The number of aliphatic hydroxyl groups is 1. The summed E-state index contributed by atoms with van der Waals surface area (Å²) in [6, 6.07) is 1.51. The van der Waals surface area contributed by atoms with E-state index in [4.69, 9.17) is 9.47 Å². The summed E-state index contributed by atoms with van der Waals surface area (Å²) in [5, 5.41) is 9.28. The van der Waals surface area contributed by atoms with Crippen molar-refractivity contribution in [3.63, 3.8) is 0 Å². The summed E-state index contributed by atoms with van der Waals surface area (Å²) < 4.78 is 38.3. The van der Waals surface area contributed by atoms with E-state index in [1.165, 1.54) is 24.6 Å². The fourth-order valence-corrected chi connectivity index (χ4v) is 3.45. The van der Waals surface area contributed by atoms with Crippen LogP contribution < -0.4 is 0 Å². The average Bonchev–Trinajstić information content (AvgIpc) is 2.91. The summed E-state index contributed by atoms with van der Waals surface area (Å²) in [7, 11) is -0.573. The number of aryl methyl sites for hydroxylation is 1. The Kier molecular flexibility index (Phi) is 7.33. The minimum atomic E-state index is -3.63. The summed E-state index contributed by atoms with van der Waals surface area (Å²) in [6.07, 6.45) is 1.55. The van der Waals surface area contributed by atoms with Crippen molar-refractivity contribution in [3.8, 4) is 0 Å². The fourth-order valence-electron chi connectivity index (χ4n) is 1.98. The highest BCUT2D eigenvalue weighted by Gasteiger charge is 2.26. The van der Waals surface area contributed by atoms with Crippen molar-refractivity contribution in [3.05, 3.63) is 18.0 Å². The van der Waals surface area contributed by atoms with Gasteiger partial charge >= 0.3 is 0 Å². The molecule has 21 heavy (non-hydrogen) atoms. The number of aromatic nitrogens is 1. The topological polar surface area (TPSA) is 81.0 Å². The van der Waals surface area contributed by atoms with Gasteiger partial charge in [-0.15, -0.1) is 0 Å². The van der Waals surface area contributed by atoms with Crippen LogP contribution >= 0.6 is 0 Å². The monoisotopic (exact) mass is 320 g/mol. The van der Waals surface area contributed by atoms with Crippen LogP contribution in [-0.4, -0.2) is 62.9 Å². The molecular weight excluding hydrogens is 296 g/mol. The fraction of sp³-hybridized carbons (Fsp3) is 0.692. The van der Waals surface area contributed by atoms with Crippen molar-refractivity contribution < 1.29 is 23.0 Å². The molecule has 0 atom stereocenters. The van der Waals surface area contributed by atoms with Crippen LogP contribution in [-0.2, 0) is 32.6 Å². The number of aliphatic hydroxyl groups excluding tert-OH is 1. The van der Waals surface area contributed by atoms with Gasteiger partial charge in [0.05, 0.1) is 19.8 Å². The molecule has 1 N–H and O–H groups in total. The van der Waals surface area contributed by atoms with E-state index < -0.39 is 10.0 Å². The van der Waals surface area contributed by atoms with Gasteiger partial charge in [-0.25, -0.2) is 8.42 Å². The predicted octanol–water partition coefficient (Wildman–Crippen LogP) is 0.284. The molecule has 8 heteroatoms. The van der Waals surface area contributed by atoms with Crippen LogP contribution in [0.5, 0.6) is 0 Å². The molecule has 0 unspecified atom stereocenters. The molecule has 0 radical (unpaired) electrons. The van der Waals surface area contributed by atoms with Crippen molar-refractivity contribution in [2.75, 3.05) is 40.5 Å². The normalized spacial score (nSPS) is 12.2. The van der Waals surface area contributed by atoms with E-state index in [1.807, 2.05) is 6.92 Å². The lowest BCUT2D eigenvalue weighted by Gasteiger charge is -2.20. The minimum Gasteiger partial charge on any atom is -0.390 e. The molecule has 0 amide bonds. The van der Waals surface area contributed by atoms with Gasteiger partial charge in [-0.1, -0.05) is 0 Å². The van der Waals surface area contributed by atoms with Gasteiger partial charge < -0.3 is 19.1 Å². The highest BCUT2D eigenvalue weighted by atomic mass is 32.2. The lowest BCUT2D eigenvalue weighted by molar-refractivity contribution is 0.150. The number of rotatable bonds is 10. The van der Waals surface area contributed by atoms with Crippen molar-refractivity contribution in [2.24, 2.45) is 0 Å². The van der Waals surface area contributed by atoms with Crippen molar-refractivity contribution in [1.29, 1.82) is 0 Å². The molecule has 1 aromatic rings. The molecule has 0 aliphatic heterocycles. The summed E-state index contributed by atoms with van der Waals surface area (Å²) in [4.78, 5) is 0.181. The van der Waals surface area contributed by atoms with Gasteiger partial charge in [0.25, 0.3) is 0 Å². The Balaban J connectivity index is 3.05. The SMILES string of the molecule is CCn1cc(S(=O)(=O)N(CCOC)CCOC)cc1CO. The maximum atomic E-state index is 12.7. The Bertz CT molecular complexity index is 497. The molecule has 0 aromatic carbocycles. The molecule has 0 aliphatic carbocycles. The first kappa shape index (κ1) is 18.1. The molecule has 1 heterocycles. The van der Waals surface area contributed by atoms with Crippen LogP contribution in [0.4, 0.5) is 0 Å². The first-order valence-corrected chi connectivity index (χ1v) is 8.23. The third kappa shape index (κ3) is 4.52. The van der Waals surface area contributed by atoms with Crippen LogP contribution in [0.3, 0.4) is 0 Å². The van der Waals surface area contributed by atoms with Gasteiger partial charge in [-0.3, -0.25) is 0 Å². The Labute approximate surface area is 126 Å². The molecule has 7 nitrogen and oxygen atoms in total. The van der Waals surface area contributed by atoms with E-state index in [1.54, 1.807) is 10.8 Å². The maximum Gasteiger partial charge on any atom is 0.244 e. The van der Waals surface area contributed by atoms with Crippen LogP contribution in [0.1, 0.15) is 12.6 Å². The third-order valence-electron chi connectivity index (χ3n) is 3.19. The highest BCUT2D eigenvalue weighted by Crippen LogP contribution is 2.19. The van der Waals surface area contributed by atoms with E-state index in [0.717, 1.165) is 0 Å². The summed E-state index contributed by atoms with van der Waals surface area (Å²) in [6.45, 7) is 3.43. The largest absolute Gasteiger partial charge is 0.390 e. The van der Waals surface area contributed by atoms with E-state index in [0.29, 0.717) is 25.5 Å². The molecule has 122 valence electrons. The summed E-state index contributed by atoms with van der Waals surface area (Å²) >= 11 is 0. The predicted molar refractivity (Wildman–Crippen MR) is 78.5 cm³/mol. The molecule has 0 fully saturated rings. The molecular formula is C13H24N2O5S. The zero-order chi connectivity index (χ0) is 15.9. The maximum absolute atomic E-state index is 12.7. The third-order valence-corrected chi connectivity index (χ3v) is 5.05. The zero-order valence-corrected chi connectivity index (χ0v) is 13.6. The lowest BCUT2D eigenvalue weighted by Crippen LogP contribution is -2.36. The van der Waals surface area contributed by atoms with Crippen molar-refractivity contribution in [1.82, 2.24) is 8.87 Å². The van der Waals surface area contributed by atoms with Crippen LogP contribution in [0, 0.1) is 0 Å². The van der Waals surface area contributed by atoms with E-state index >= 15 is 0 Å². The Morgan fingerprint density at radius 2 is 1.81 bits per heavy atom. The van der Waals surface area contributed by atoms with Gasteiger partial charge in [0.1, 0.15) is 4.90 Å². The van der Waals surface area contributed by atoms with Crippen LogP contribution in [0.25, 0.3) is 0 Å². The van der Waals surface area contributed by atoms with Crippen LogP contribution in [0.2, 0.25) is 0 Å². The lowest BCUT2D eigenvalue weighted by atomic mass is 10.4. The minimum absolute atomic E-state index is 0.181. The second-order valence-corrected chi connectivity index (χ2v) is 6.44. The molecule has 1 aromatic heterocycles. The Hall–Kier alpha value is -0.930. The summed E-state index contributed by atoms with van der Waals surface area (Å²) in [5.41, 5.74) is 0.578.